The summed E-state index contributed by atoms with van der Waals surface area (Å²) >= 11 is 11.9. The van der Waals surface area contributed by atoms with Gasteiger partial charge in [0.15, 0.2) is 0 Å². The van der Waals surface area contributed by atoms with Crippen LogP contribution in [0.5, 0.6) is 11.5 Å². The lowest BCUT2D eigenvalue weighted by Crippen LogP contribution is -2.03. The molecule has 0 saturated carbocycles. The highest BCUT2D eigenvalue weighted by Gasteiger charge is 2.16. The highest BCUT2D eigenvalue weighted by Crippen LogP contribution is 2.33. The second kappa shape index (κ2) is 6.99. The number of hydrogen-bond donors (Lipinski definition) is 0. The minimum Gasteiger partial charge on any atom is -0.457 e. The zero-order valence-electron chi connectivity index (χ0n) is 10.6. The van der Waals surface area contributed by atoms with E-state index in [9.17, 15) is 0 Å². The average molecular weight is 310 g/mol. The molecule has 1 radical (unpaired) electrons. The van der Waals surface area contributed by atoms with Crippen LogP contribution in [0.2, 0.25) is 6.04 Å². The van der Waals surface area contributed by atoms with Crippen molar-refractivity contribution < 1.29 is 4.74 Å². The summed E-state index contributed by atoms with van der Waals surface area (Å²) in [5.74, 6) is 2.01. The molecule has 99 valence electrons. The zero-order chi connectivity index (χ0) is 13.7. The number of benzene rings is 2. The van der Waals surface area contributed by atoms with E-state index in [4.69, 9.17) is 26.9 Å². The van der Waals surface area contributed by atoms with Crippen LogP contribution in [-0.4, -0.2) is 7.42 Å². The van der Waals surface area contributed by atoms with Crippen LogP contribution in [0.25, 0.3) is 0 Å². The summed E-state index contributed by atoms with van der Waals surface area (Å²) < 4.78 is 5.94. The SMILES string of the molecule is CC(C[Si](Cl)Cl)c1ccccc1Oc1ccccc1. The summed E-state index contributed by atoms with van der Waals surface area (Å²) in [5, 5.41) is 0. The van der Waals surface area contributed by atoms with E-state index in [1.54, 1.807) is 0 Å². The van der Waals surface area contributed by atoms with Crippen molar-refractivity contribution in [3.63, 3.8) is 0 Å². The number of ether oxygens (including phenoxy) is 1. The van der Waals surface area contributed by atoms with Gasteiger partial charge < -0.3 is 4.74 Å². The molecule has 2 aromatic rings. The molecular weight excluding hydrogens is 295 g/mol. The molecule has 1 atom stereocenters. The molecule has 0 fully saturated rings. The lowest BCUT2D eigenvalue weighted by atomic mass is 10.0. The third-order valence-corrected chi connectivity index (χ3v) is 4.73. The fourth-order valence-corrected chi connectivity index (χ4v) is 4.01. The smallest absolute Gasteiger partial charge is 0.274 e. The van der Waals surface area contributed by atoms with Crippen molar-refractivity contribution in [2.45, 2.75) is 18.9 Å². The molecule has 1 nitrogen and oxygen atoms in total. The van der Waals surface area contributed by atoms with E-state index in [1.807, 2.05) is 48.5 Å². The van der Waals surface area contributed by atoms with Gasteiger partial charge in [-0.1, -0.05) is 43.3 Å². The van der Waals surface area contributed by atoms with Crippen LogP contribution in [0.1, 0.15) is 18.4 Å². The van der Waals surface area contributed by atoms with Gasteiger partial charge in [0.05, 0.1) is 0 Å². The molecule has 19 heavy (non-hydrogen) atoms. The van der Waals surface area contributed by atoms with Gasteiger partial charge in [-0.2, -0.15) is 0 Å². The summed E-state index contributed by atoms with van der Waals surface area (Å²) in [7, 11) is -1.28. The van der Waals surface area contributed by atoms with Crippen LogP contribution < -0.4 is 4.74 Å². The van der Waals surface area contributed by atoms with E-state index >= 15 is 0 Å². The fourth-order valence-electron chi connectivity index (χ4n) is 1.94. The fraction of sp³-hybridized carbons (Fsp3) is 0.200. The third-order valence-electron chi connectivity index (χ3n) is 2.88. The Bertz CT molecular complexity index is 517. The Labute approximate surface area is 125 Å². The van der Waals surface area contributed by atoms with Gasteiger partial charge in [-0.05, 0) is 35.7 Å². The van der Waals surface area contributed by atoms with Crippen LogP contribution in [0, 0.1) is 0 Å². The predicted octanol–water partition coefficient (Wildman–Crippen LogP) is 5.55. The van der Waals surface area contributed by atoms with E-state index in [2.05, 4.69) is 13.0 Å². The highest BCUT2D eigenvalue weighted by molar-refractivity contribution is 7.33. The lowest BCUT2D eigenvalue weighted by molar-refractivity contribution is 0.473. The van der Waals surface area contributed by atoms with Gasteiger partial charge in [0.2, 0.25) is 0 Å². The van der Waals surface area contributed by atoms with Gasteiger partial charge in [-0.15, -0.1) is 22.2 Å². The molecule has 2 rings (SSSR count). The van der Waals surface area contributed by atoms with Crippen molar-refractivity contribution in [3.8, 4) is 11.5 Å². The molecule has 0 spiro atoms. The first-order valence-corrected chi connectivity index (χ1v) is 9.88. The Morgan fingerprint density at radius 3 is 2.32 bits per heavy atom. The minimum atomic E-state index is -1.28. The zero-order valence-corrected chi connectivity index (χ0v) is 13.2. The van der Waals surface area contributed by atoms with Gasteiger partial charge in [-0.3, -0.25) is 0 Å². The molecule has 0 aliphatic heterocycles. The minimum absolute atomic E-state index is 0.295. The van der Waals surface area contributed by atoms with Crippen LogP contribution in [0.4, 0.5) is 0 Å². The molecule has 0 aliphatic carbocycles. The number of para-hydroxylation sites is 2. The van der Waals surface area contributed by atoms with Gasteiger partial charge in [-0.25, -0.2) is 0 Å². The average Bonchev–Trinajstić information content (AvgIpc) is 2.39. The summed E-state index contributed by atoms with van der Waals surface area (Å²) in [6.45, 7) is 2.13. The van der Waals surface area contributed by atoms with Gasteiger partial charge in [0.1, 0.15) is 11.5 Å². The van der Waals surface area contributed by atoms with Gasteiger partial charge in [0.25, 0.3) is 7.42 Å². The van der Waals surface area contributed by atoms with E-state index < -0.39 is 7.42 Å². The molecular formula is C15H15Cl2OSi. The lowest BCUT2D eigenvalue weighted by Gasteiger charge is -2.16. The topological polar surface area (TPSA) is 9.23 Å². The standard InChI is InChI=1S/C15H15Cl2OSi/c1-12(11-19(16)17)14-9-5-6-10-15(14)18-13-7-3-2-4-8-13/h2-10,12H,11H2,1H3. The van der Waals surface area contributed by atoms with Crippen LogP contribution in [-0.2, 0) is 0 Å². The monoisotopic (exact) mass is 309 g/mol. The largest absolute Gasteiger partial charge is 0.457 e. The molecule has 2 aromatic carbocycles. The van der Waals surface area contributed by atoms with E-state index in [-0.39, 0.29) is 0 Å². The quantitative estimate of drug-likeness (QED) is 0.520. The maximum atomic E-state index is 5.96. The molecule has 1 unspecified atom stereocenters. The normalized spacial score (nSPS) is 12.4. The van der Waals surface area contributed by atoms with E-state index in [0.717, 1.165) is 23.1 Å². The first-order valence-electron chi connectivity index (χ1n) is 6.15. The van der Waals surface area contributed by atoms with Crippen molar-refractivity contribution in [2.24, 2.45) is 0 Å². The predicted molar refractivity (Wildman–Crippen MR) is 83.6 cm³/mol. The molecule has 0 heterocycles. The molecule has 0 bridgehead atoms. The maximum Gasteiger partial charge on any atom is 0.274 e. The summed E-state index contributed by atoms with van der Waals surface area (Å²) in [4.78, 5) is 0. The molecule has 4 heteroatoms. The van der Waals surface area contributed by atoms with Crippen LogP contribution in [0.15, 0.2) is 54.6 Å². The summed E-state index contributed by atoms with van der Waals surface area (Å²) in [6.07, 6.45) is 0. The number of rotatable bonds is 5. The second-order valence-corrected chi connectivity index (χ2v) is 8.80. The summed E-state index contributed by atoms with van der Waals surface area (Å²) in [5.41, 5.74) is 1.15. The molecule has 0 aromatic heterocycles. The Morgan fingerprint density at radius 1 is 1.00 bits per heavy atom. The molecule has 0 saturated heterocycles. The summed E-state index contributed by atoms with van der Waals surface area (Å²) in [6, 6.07) is 18.6. The first kappa shape index (κ1) is 14.4. The Hall–Kier alpha value is -0.963. The van der Waals surface area contributed by atoms with Crippen molar-refractivity contribution >= 4 is 29.6 Å². The second-order valence-electron chi connectivity index (χ2n) is 4.40. The highest BCUT2D eigenvalue weighted by atomic mass is 35.7. The Kier molecular flexibility index (Phi) is 5.31. The number of halogens is 2. The number of hydrogen-bond acceptors (Lipinski definition) is 1. The van der Waals surface area contributed by atoms with Crippen LogP contribution >= 0.6 is 22.2 Å². The van der Waals surface area contributed by atoms with Crippen molar-refractivity contribution in [1.29, 1.82) is 0 Å². The van der Waals surface area contributed by atoms with Crippen molar-refractivity contribution in [1.82, 2.24) is 0 Å². The van der Waals surface area contributed by atoms with Gasteiger partial charge in [0, 0.05) is 0 Å². The first-order chi connectivity index (χ1) is 9.16. The maximum absolute atomic E-state index is 5.96. The van der Waals surface area contributed by atoms with E-state index in [1.165, 1.54) is 0 Å². The molecule has 0 aliphatic rings. The third kappa shape index (κ3) is 4.27. The molecule has 0 amide bonds. The van der Waals surface area contributed by atoms with Crippen molar-refractivity contribution in [3.05, 3.63) is 60.2 Å². The Balaban J connectivity index is 2.21. The van der Waals surface area contributed by atoms with Crippen LogP contribution in [0.3, 0.4) is 0 Å². The van der Waals surface area contributed by atoms with E-state index in [0.29, 0.717) is 5.92 Å². The van der Waals surface area contributed by atoms with Crippen molar-refractivity contribution in [2.75, 3.05) is 0 Å². The Morgan fingerprint density at radius 2 is 1.63 bits per heavy atom. The van der Waals surface area contributed by atoms with Gasteiger partial charge >= 0.3 is 0 Å². The molecule has 0 N–H and O–H groups in total.